The minimum atomic E-state index is -0.400. The Morgan fingerprint density at radius 2 is 1.83 bits per heavy atom. The molecule has 0 spiro atoms. The maximum absolute atomic E-state index is 12.7. The van der Waals surface area contributed by atoms with Gasteiger partial charge in [-0.3, -0.25) is 9.36 Å². The van der Waals surface area contributed by atoms with Gasteiger partial charge in [-0.2, -0.15) is 0 Å². The van der Waals surface area contributed by atoms with Gasteiger partial charge in [0.1, 0.15) is 11.5 Å². The Hall–Kier alpha value is -3.30. The third-order valence-electron chi connectivity index (χ3n) is 5.19. The van der Waals surface area contributed by atoms with Gasteiger partial charge in [0.05, 0.1) is 12.9 Å². The van der Waals surface area contributed by atoms with Crippen molar-refractivity contribution >= 4 is 39.3 Å². The number of thioether (sulfide) groups is 1. The largest absolute Gasteiger partial charge is 0.497 e. The van der Waals surface area contributed by atoms with Crippen LogP contribution in [0.2, 0.25) is 0 Å². The zero-order chi connectivity index (χ0) is 24.8. The number of amides is 1. The third kappa shape index (κ3) is 6.23. The van der Waals surface area contributed by atoms with Crippen molar-refractivity contribution in [2.24, 2.45) is 0 Å². The lowest BCUT2D eigenvalue weighted by molar-refractivity contribution is -0.113. The second-order valence-electron chi connectivity index (χ2n) is 7.75. The quantitative estimate of drug-likeness (QED) is 0.248. The molecule has 0 saturated carbocycles. The number of halogens is 1. The number of ether oxygens (including phenoxy) is 2. The van der Waals surface area contributed by atoms with Gasteiger partial charge in [0.15, 0.2) is 17.1 Å². The molecule has 0 saturated heterocycles. The normalized spacial score (nSPS) is 11.7. The van der Waals surface area contributed by atoms with Gasteiger partial charge in [-0.25, -0.2) is 0 Å². The summed E-state index contributed by atoms with van der Waals surface area (Å²) in [5.41, 5.74) is 2.65. The number of nitrogens with zero attached hydrogens (tertiary/aromatic N) is 3. The first-order valence-electron chi connectivity index (χ1n) is 10.9. The molecule has 4 aromatic rings. The molecule has 0 fully saturated rings. The van der Waals surface area contributed by atoms with Gasteiger partial charge in [0, 0.05) is 21.9 Å². The number of aromatic nitrogens is 3. The molecule has 1 amide bonds. The van der Waals surface area contributed by atoms with Crippen LogP contribution in [-0.2, 0) is 4.79 Å². The Morgan fingerprint density at radius 3 is 2.57 bits per heavy atom. The summed E-state index contributed by atoms with van der Waals surface area (Å²) in [7, 11) is 1.62. The molecule has 0 aliphatic rings. The molecule has 1 N–H and O–H groups in total. The van der Waals surface area contributed by atoms with Crippen LogP contribution >= 0.6 is 27.7 Å². The standard InChI is InChI=1S/C26H25BrN4O3S/c1-17-14-19(27)12-13-23(17)28-24(32)16-35-26-30-29-25(31(26)20-8-5-4-6-9-20)18(2)34-22-11-7-10-21(15-22)33-3/h4-15,18H,16H2,1-3H3,(H,28,32). The predicted octanol–water partition coefficient (Wildman–Crippen LogP) is 6.22. The lowest BCUT2D eigenvalue weighted by atomic mass is 10.2. The van der Waals surface area contributed by atoms with Crippen LogP contribution < -0.4 is 14.8 Å². The first-order chi connectivity index (χ1) is 16.9. The van der Waals surface area contributed by atoms with E-state index in [-0.39, 0.29) is 11.7 Å². The number of methoxy groups -OCH3 is 1. The summed E-state index contributed by atoms with van der Waals surface area (Å²) in [6, 6.07) is 23.0. The Labute approximate surface area is 217 Å². The molecule has 1 unspecified atom stereocenters. The van der Waals surface area contributed by atoms with Crippen LogP contribution in [-0.4, -0.2) is 33.5 Å². The molecule has 180 valence electrons. The van der Waals surface area contributed by atoms with Crippen molar-refractivity contribution in [2.75, 3.05) is 18.2 Å². The maximum atomic E-state index is 12.7. The van der Waals surface area contributed by atoms with E-state index < -0.39 is 6.10 Å². The van der Waals surface area contributed by atoms with Crippen molar-refractivity contribution in [2.45, 2.75) is 25.1 Å². The van der Waals surface area contributed by atoms with Crippen molar-refractivity contribution < 1.29 is 14.3 Å². The highest BCUT2D eigenvalue weighted by Crippen LogP contribution is 2.29. The zero-order valence-electron chi connectivity index (χ0n) is 19.6. The van der Waals surface area contributed by atoms with Crippen LogP contribution in [0.25, 0.3) is 5.69 Å². The van der Waals surface area contributed by atoms with E-state index in [0.717, 1.165) is 21.4 Å². The van der Waals surface area contributed by atoms with Crippen LogP contribution in [0, 0.1) is 6.92 Å². The van der Waals surface area contributed by atoms with E-state index in [0.29, 0.717) is 22.5 Å². The number of rotatable bonds is 9. The van der Waals surface area contributed by atoms with E-state index in [4.69, 9.17) is 9.47 Å². The highest BCUT2D eigenvalue weighted by Gasteiger charge is 2.22. The van der Waals surface area contributed by atoms with Gasteiger partial charge in [0.25, 0.3) is 0 Å². The zero-order valence-corrected chi connectivity index (χ0v) is 22.0. The Bertz CT molecular complexity index is 1310. The van der Waals surface area contributed by atoms with Gasteiger partial charge in [-0.05, 0) is 61.9 Å². The summed E-state index contributed by atoms with van der Waals surface area (Å²) >= 11 is 4.77. The topological polar surface area (TPSA) is 78.3 Å². The molecular weight excluding hydrogens is 528 g/mol. The smallest absolute Gasteiger partial charge is 0.234 e. The van der Waals surface area contributed by atoms with E-state index in [1.807, 2.05) is 91.2 Å². The predicted molar refractivity (Wildman–Crippen MR) is 142 cm³/mol. The first kappa shape index (κ1) is 24.8. The van der Waals surface area contributed by atoms with E-state index >= 15 is 0 Å². The van der Waals surface area contributed by atoms with Gasteiger partial charge in [0.2, 0.25) is 5.91 Å². The van der Waals surface area contributed by atoms with E-state index in [1.165, 1.54) is 11.8 Å². The molecule has 35 heavy (non-hydrogen) atoms. The van der Waals surface area contributed by atoms with Gasteiger partial charge in [-0.15, -0.1) is 10.2 Å². The summed E-state index contributed by atoms with van der Waals surface area (Å²) in [5, 5.41) is 12.4. The monoisotopic (exact) mass is 552 g/mol. The second kappa shape index (κ2) is 11.4. The maximum Gasteiger partial charge on any atom is 0.234 e. The lowest BCUT2D eigenvalue weighted by Crippen LogP contribution is -2.16. The number of carbonyl (C=O) groups excluding carboxylic acids is 1. The summed E-state index contributed by atoms with van der Waals surface area (Å²) in [4.78, 5) is 12.7. The molecule has 1 aromatic heterocycles. The fourth-order valence-electron chi connectivity index (χ4n) is 3.47. The number of anilines is 1. The van der Waals surface area contributed by atoms with Crippen LogP contribution in [0.5, 0.6) is 11.5 Å². The molecule has 0 radical (unpaired) electrons. The van der Waals surface area contributed by atoms with Crippen LogP contribution in [0.15, 0.2) is 82.4 Å². The molecule has 0 aliphatic carbocycles. The van der Waals surface area contributed by atoms with E-state index in [1.54, 1.807) is 7.11 Å². The molecule has 0 bridgehead atoms. The summed E-state index contributed by atoms with van der Waals surface area (Å²) < 4.78 is 14.3. The molecule has 4 rings (SSSR count). The SMILES string of the molecule is COc1cccc(OC(C)c2nnc(SCC(=O)Nc3ccc(Br)cc3C)n2-c2ccccc2)c1. The van der Waals surface area contributed by atoms with Gasteiger partial charge in [-0.1, -0.05) is 52.0 Å². The number of para-hydroxylation sites is 1. The molecule has 9 heteroatoms. The summed E-state index contributed by atoms with van der Waals surface area (Å²) in [6.45, 7) is 3.87. The highest BCUT2D eigenvalue weighted by molar-refractivity contribution is 9.10. The molecule has 0 aliphatic heterocycles. The van der Waals surface area contributed by atoms with Crippen molar-refractivity contribution in [1.29, 1.82) is 0 Å². The lowest BCUT2D eigenvalue weighted by Gasteiger charge is -2.17. The molecular formula is C26H25BrN4O3S. The molecule has 3 aromatic carbocycles. The average Bonchev–Trinajstić information content (AvgIpc) is 3.29. The van der Waals surface area contributed by atoms with Crippen LogP contribution in [0.1, 0.15) is 24.4 Å². The number of carbonyl (C=O) groups is 1. The van der Waals surface area contributed by atoms with Gasteiger partial charge >= 0.3 is 0 Å². The Balaban J connectivity index is 1.54. The average molecular weight is 553 g/mol. The third-order valence-corrected chi connectivity index (χ3v) is 6.61. The van der Waals surface area contributed by atoms with Gasteiger partial charge < -0.3 is 14.8 Å². The van der Waals surface area contributed by atoms with Crippen molar-refractivity contribution in [3.63, 3.8) is 0 Å². The van der Waals surface area contributed by atoms with Crippen molar-refractivity contribution in [1.82, 2.24) is 14.8 Å². The summed E-state index contributed by atoms with van der Waals surface area (Å²) in [6.07, 6.45) is -0.400. The van der Waals surface area contributed by atoms with Crippen molar-refractivity contribution in [3.8, 4) is 17.2 Å². The highest BCUT2D eigenvalue weighted by atomic mass is 79.9. The number of benzene rings is 3. The summed E-state index contributed by atoms with van der Waals surface area (Å²) in [5.74, 6) is 2.07. The fourth-order valence-corrected chi connectivity index (χ4v) is 4.71. The van der Waals surface area contributed by atoms with Crippen molar-refractivity contribution in [3.05, 3.63) is 88.7 Å². The minimum absolute atomic E-state index is 0.120. The van der Waals surface area contributed by atoms with E-state index in [9.17, 15) is 4.79 Å². The number of aryl methyl sites for hydroxylation is 1. The molecule has 1 heterocycles. The number of hydrogen-bond donors (Lipinski definition) is 1. The number of hydrogen-bond acceptors (Lipinski definition) is 6. The van der Waals surface area contributed by atoms with Crippen LogP contribution in [0.4, 0.5) is 5.69 Å². The number of nitrogens with one attached hydrogen (secondary N) is 1. The van der Waals surface area contributed by atoms with Crippen LogP contribution in [0.3, 0.4) is 0 Å². The second-order valence-corrected chi connectivity index (χ2v) is 9.61. The van der Waals surface area contributed by atoms with E-state index in [2.05, 4.69) is 31.4 Å². The molecule has 7 nitrogen and oxygen atoms in total. The Kier molecular flexibility index (Phi) is 8.09. The molecule has 1 atom stereocenters. The first-order valence-corrected chi connectivity index (χ1v) is 12.7. The minimum Gasteiger partial charge on any atom is -0.497 e. The Morgan fingerprint density at radius 1 is 1.06 bits per heavy atom. The fraction of sp³-hybridized carbons (Fsp3) is 0.192.